The van der Waals surface area contributed by atoms with Gasteiger partial charge in [-0.25, -0.2) is 0 Å². The van der Waals surface area contributed by atoms with Crippen LogP contribution in [0.3, 0.4) is 0 Å². The second-order valence-corrected chi connectivity index (χ2v) is 8.09. The van der Waals surface area contributed by atoms with Crippen molar-refractivity contribution in [2.75, 3.05) is 26.2 Å². The van der Waals surface area contributed by atoms with Crippen LogP contribution in [-0.4, -0.2) is 60.0 Å². The molecule has 0 spiro atoms. The van der Waals surface area contributed by atoms with Crippen molar-refractivity contribution < 1.29 is 4.79 Å². The predicted molar refractivity (Wildman–Crippen MR) is 87.6 cm³/mol. The average Bonchev–Trinajstić information content (AvgIpc) is 3.38. The van der Waals surface area contributed by atoms with Gasteiger partial charge in [0.25, 0.3) is 0 Å². The molecule has 2 unspecified atom stereocenters. The number of carbonyl (C=O) groups excluding carboxylic acids is 1. The molecule has 0 radical (unpaired) electrons. The molecule has 0 aromatic rings. The molecular weight excluding hydrogens is 274 g/mol. The number of amides is 1. The van der Waals surface area contributed by atoms with Crippen LogP contribution in [0.4, 0.5) is 0 Å². The molecule has 4 heteroatoms. The van der Waals surface area contributed by atoms with E-state index < -0.39 is 0 Å². The van der Waals surface area contributed by atoms with Gasteiger partial charge in [-0.15, -0.1) is 0 Å². The Labute approximate surface area is 134 Å². The minimum Gasteiger partial charge on any atom is -0.342 e. The van der Waals surface area contributed by atoms with Gasteiger partial charge in [-0.1, -0.05) is 0 Å². The van der Waals surface area contributed by atoms with Crippen molar-refractivity contribution in [3.05, 3.63) is 0 Å². The van der Waals surface area contributed by atoms with E-state index in [2.05, 4.69) is 22.0 Å². The lowest BCUT2D eigenvalue weighted by atomic mass is 9.82. The van der Waals surface area contributed by atoms with Gasteiger partial charge >= 0.3 is 0 Å². The molecule has 1 saturated carbocycles. The minimum atomic E-state index is 0.274. The topological polar surface area (TPSA) is 35.6 Å². The van der Waals surface area contributed by atoms with Crippen LogP contribution in [-0.2, 0) is 4.79 Å². The summed E-state index contributed by atoms with van der Waals surface area (Å²) in [5.41, 5.74) is 0. The zero-order valence-electron chi connectivity index (χ0n) is 14.0. The summed E-state index contributed by atoms with van der Waals surface area (Å²) in [6.45, 7) is 6.56. The molecule has 1 aliphatic carbocycles. The van der Waals surface area contributed by atoms with Crippen LogP contribution in [0.5, 0.6) is 0 Å². The predicted octanol–water partition coefficient (Wildman–Crippen LogP) is 1.85. The fourth-order valence-electron chi connectivity index (χ4n) is 5.12. The number of nitrogens with zero attached hydrogens (tertiary/aromatic N) is 2. The summed E-state index contributed by atoms with van der Waals surface area (Å²) in [7, 11) is 0. The normalized spacial score (nSPS) is 40.3. The van der Waals surface area contributed by atoms with Crippen LogP contribution in [0.15, 0.2) is 0 Å². The van der Waals surface area contributed by atoms with Gasteiger partial charge in [-0.05, 0) is 70.9 Å². The summed E-state index contributed by atoms with van der Waals surface area (Å²) in [4.78, 5) is 17.9. The van der Waals surface area contributed by atoms with E-state index in [1.807, 2.05) is 0 Å². The van der Waals surface area contributed by atoms with Gasteiger partial charge in [0.15, 0.2) is 0 Å². The molecule has 4 fully saturated rings. The molecule has 124 valence electrons. The summed E-state index contributed by atoms with van der Waals surface area (Å²) < 4.78 is 0. The minimum absolute atomic E-state index is 0.274. The number of fused-ring (bicyclic) bond motifs is 1. The van der Waals surface area contributed by atoms with E-state index in [1.54, 1.807) is 0 Å². The van der Waals surface area contributed by atoms with E-state index in [0.717, 1.165) is 50.5 Å². The fourth-order valence-corrected chi connectivity index (χ4v) is 5.12. The Kier molecular flexibility index (Phi) is 4.16. The van der Waals surface area contributed by atoms with Crippen LogP contribution >= 0.6 is 0 Å². The highest BCUT2D eigenvalue weighted by Crippen LogP contribution is 2.38. The van der Waals surface area contributed by atoms with E-state index in [4.69, 9.17) is 0 Å². The lowest BCUT2D eigenvalue weighted by Gasteiger charge is -2.48. The Bertz CT molecular complexity index is 423. The van der Waals surface area contributed by atoms with Gasteiger partial charge in [0.2, 0.25) is 5.91 Å². The van der Waals surface area contributed by atoms with Gasteiger partial charge in [0, 0.05) is 37.1 Å². The Balaban J connectivity index is 1.38. The second-order valence-electron chi connectivity index (χ2n) is 8.09. The van der Waals surface area contributed by atoms with Gasteiger partial charge in [0.1, 0.15) is 0 Å². The molecule has 4 rings (SSSR count). The van der Waals surface area contributed by atoms with Gasteiger partial charge < -0.3 is 10.2 Å². The SMILES string of the molecule is C[C@H]1C[C@@H](C(=O)N2CCC3C(CCCN3C3CC3)C2)CCN1. The largest absolute Gasteiger partial charge is 0.342 e. The molecule has 0 aromatic heterocycles. The third-order valence-corrected chi connectivity index (χ3v) is 6.41. The van der Waals surface area contributed by atoms with Crippen LogP contribution in [0.25, 0.3) is 0 Å². The highest BCUT2D eigenvalue weighted by atomic mass is 16.2. The molecule has 3 saturated heterocycles. The zero-order valence-corrected chi connectivity index (χ0v) is 14.0. The number of likely N-dealkylation sites (tertiary alicyclic amines) is 2. The average molecular weight is 305 g/mol. The Morgan fingerprint density at radius 1 is 1.09 bits per heavy atom. The first kappa shape index (κ1) is 14.9. The molecule has 3 aliphatic heterocycles. The second kappa shape index (κ2) is 6.12. The standard InChI is InChI=1S/C18H31N3O/c1-13-11-14(6-8-19-13)18(22)20-10-7-17-15(12-20)3-2-9-21(17)16-4-5-16/h13-17,19H,2-12H2,1H3/t13-,14-,15?,17?/m0/s1. The molecule has 4 nitrogen and oxygen atoms in total. The van der Waals surface area contributed by atoms with Crippen molar-refractivity contribution in [1.29, 1.82) is 0 Å². The molecule has 1 amide bonds. The Morgan fingerprint density at radius 3 is 2.73 bits per heavy atom. The maximum atomic E-state index is 12.9. The highest BCUT2D eigenvalue weighted by molar-refractivity contribution is 5.79. The highest BCUT2D eigenvalue weighted by Gasteiger charge is 2.43. The van der Waals surface area contributed by atoms with Crippen molar-refractivity contribution in [3.8, 4) is 0 Å². The quantitative estimate of drug-likeness (QED) is 0.846. The Hall–Kier alpha value is -0.610. The summed E-state index contributed by atoms with van der Waals surface area (Å²) in [6, 6.07) is 2.16. The smallest absolute Gasteiger partial charge is 0.225 e. The number of nitrogens with one attached hydrogen (secondary N) is 1. The van der Waals surface area contributed by atoms with E-state index in [0.29, 0.717) is 11.9 Å². The van der Waals surface area contributed by atoms with Crippen LogP contribution < -0.4 is 5.32 Å². The number of hydrogen-bond acceptors (Lipinski definition) is 3. The third kappa shape index (κ3) is 2.92. The molecule has 1 N–H and O–H groups in total. The van der Waals surface area contributed by atoms with Crippen LogP contribution in [0.2, 0.25) is 0 Å². The summed E-state index contributed by atoms with van der Waals surface area (Å²) in [6.07, 6.45) is 8.77. The van der Waals surface area contributed by atoms with Crippen molar-refractivity contribution in [2.24, 2.45) is 11.8 Å². The lowest BCUT2D eigenvalue weighted by Crippen LogP contribution is -2.57. The number of carbonyl (C=O) groups is 1. The lowest BCUT2D eigenvalue weighted by molar-refractivity contribution is -0.140. The van der Waals surface area contributed by atoms with E-state index in [1.165, 1.54) is 38.6 Å². The molecular formula is C18H31N3O. The molecule has 4 aliphatic rings. The molecule has 4 atom stereocenters. The van der Waals surface area contributed by atoms with Crippen molar-refractivity contribution in [1.82, 2.24) is 15.1 Å². The Morgan fingerprint density at radius 2 is 1.95 bits per heavy atom. The van der Waals surface area contributed by atoms with Gasteiger partial charge in [-0.3, -0.25) is 9.69 Å². The van der Waals surface area contributed by atoms with Gasteiger partial charge in [0.05, 0.1) is 0 Å². The van der Waals surface area contributed by atoms with E-state index in [9.17, 15) is 4.79 Å². The van der Waals surface area contributed by atoms with E-state index in [-0.39, 0.29) is 5.92 Å². The zero-order chi connectivity index (χ0) is 15.1. The molecule has 3 heterocycles. The van der Waals surface area contributed by atoms with Crippen molar-refractivity contribution in [3.63, 3.8) is 0 Å². The third-order valence-electron chi connectivity index (χ3n) is 6.41. The van der Waals surface area contributed by atoms with Crippen LogP contribution in [0.1, 0.15) is 51.9 Å². The van der Waals surface area contributed by atoms with Gasteiger partial charge in [-0.2, -0.15) is 0 Å². The number of rotatable bonds is 2. The van der Waals surface area contributed by atoms with Crippen molar-refractivity contribution in [2.45, 2.75) is 70.0 Å². The van der Waals surface area contributed by atoms with E-state index >= 15 is 0 Å². The van der Waals surface area contributed by atoms with Crippen molar-refractivity contribution >= 4 is 5.91 Å². The molecule has 22 heavy (non-hydrogen) atoms. The monoisotopic (exact) mass is 305 g/mol. The summed E-state index contributed by atoms with van der Waals surface area (Å²) in [5, 5.41) is 3.46. The first-order chi connectivity index (χ1) is 10.7. The molecule has 0 aromatic carbocycles. The maximum Gasteiger partial charge on any atom is 0.225 e. The first-order valence-electron chi connectivity index (χ1n) is 9.50. The molecule has 0 bridgehead atoms. The summed E-state index contributed by atoms with van der Waals surface area (Å²) >= 11 is 0. The van der Waals surface area contributed by atoms with Crippen LogP contribution in [0, 0.1) is 11.8 Å². The maximum absolute atomic E-state index is 12.9. The number of piperidine rings is 3. The fraction of sp³-hybridized carbons (Fsp3) is 0.944. The number of hydrogen-bond donors (Lipinski definition) is 1. The first-order valence-corrected chi connectivity index (χ1v) is 9.50. The summed E-state index contributed by atoms with van der Waals surface area (Å²) in [5.74, 6) is 1.47.